The molecule has 0 bridgehead atoms. The third-order valence-electron chi connectivity index (χ3n) is 3.03. The zero-order valence-electron chi connectivity index (χ0n) is 20.2. The van der Waals surface area contributed by atoms with E-state index in [1.165, 1.54) is 36.4 Å². The molecule has 3 aromatic rings. The molecule has 12 nitrogen and oxygen atoms in total. The van der Waals surface area contributed by atoms with Gasteiger partial charge in [0.1, 0.15) is 0 Å². The van der Waals surface area contributed by atoms with Gasteiger partial charge in [0.2, 0.25) is 18.7 Å². The summed E-state index contributed by atoms with van der Waals surface area (Å²) >= 11 is 0. The van der Waals surface area contributed by atoms with Gasteiger partial charge >= 0.3 is 83.5 Å². The Labute approximate surface area is 297 Å². The van der Waals surface area contributed by atoms with E-state index >= 15 is 0 Å². The molecule has 0 heterocycles. The van der Waals surface area contributed by atoms with Crippen molar-refractivity contribution in [2.75, 3.05) is 0 Å². The number of hydrogen-bond acceptors (Lipinski definition) is 12. The fraction of sp³-hybridized carbons (Fsp3) is 0. The fourth-order valence-electron chi connectivity index (χ4n) is 1.72. The summed E-state index contributed by atoms with van der Waals surface area (Å²) in [4.78, 5) is 54.9. The van der Waals surface area contributed by atoms with Gasteiger partial charge in [-0.3, -0.25) is 0 Å². The number of hydrogen-bond donors (Lipinski definition) is 0. The van der Waals surface area contributed by atoms with Crippen molar-refractivity contribution < 1.29 is 156 Å². The molecule has 2 radical (unpaired) electrons. The van der Waals surface area contributed by atoms with Gasteiger partial charge in [0.25, 0.3) is 0 Å². The van der Waals surface area contributed by atoms with Crippen molar-refractivity contribution in [2.45, 2.75) is 0 Å². The van der Waals surface area contributed by atoms with Crippen LogP contribution in [0.5, 0.6) is 0 Å². The maximum atomic E-state index is 10.1. The van der Waals surface area contributed by atoms with E-state index in [9.17, 15) is 42.9 Å². The minimum Gasteiger partial charge on any atom is -0.545 e. The number of halogens is 3. The molecule has 3 rings (SSSR count). The van der Waals surface area contributed by atoms with Crippen molar-refractivity contribution in [3.8, 4) is 0 Å². The second-order valence-electron chi connectivity index (χ2n) is 5.67. The Bertz CT molecular complexity index is 996. The van der Waals surface area contributed by atoms with E-state index < -0.39 is 36.6 Å². The molecule has 0 fully saturated rings. The Morgan fingerprint density at radius 2 is 0.488 bits per heavy atom. The van der Waals surface area contributed by atoms with Crippen LogP contribution in [-0.2, 0) is 0 Å². The Morgan fingerprint density at radius 3 is 0.561 bits per heavy atom. The minimum atomic E-state index is -2.58. The average molecular weight is 833 g/mol. The molecule has 0 unspecified atom stereocenters. The minimum absolute atomic E-state index is 0. The normalized spacial score (nSPS) is 7.68. The summed E-state index contributed by atoms with van der Waals surface area (Å²) in [5, 5.41) is 54.9. The predicted octanol–water partition coefficient (Wildman–Crippen LogP) is -1.95. The second-order valence-corrected chi connectivity index (χ2v) is 5.67. The summed E-state index contributed by atoms with van der Waals surface area (Å²) in [6, 6.07) is 24.2. The van der Waals surface area contributed by atoms with Gasteiger partial charge in [-0.2, -0.15) is 13.2 Å². The predicted molar refractivity (Wildman–Crippen MR) is 112 cm³/mol. The van der Waals surface area contributed by atoms with Gasteiger partial charge in [-0.1, -0.05) is 91.0 Å². The molecule has 0 saturated heterocycles. The van der Waals surface area contributed by atoms with Gasteiger partial charge in [-0.05, 0) is 16.7 Å². The topological polar surface area (TPSA) is 241 Å². The Kier molecular flexibility index (Phi) is 36.8. The molecule has 0 spiro atoms. The van der Waals surface area contributed by atoms with Gasteiger partial charge in [0.15, 0.2) is 0 Å². The maximum Gasteiger partial charge on any atom is 3.00 e. The van der Waals surface area contributed by atoms with E-state index in [1.54, 1.807) is 54.6 Å². The molecule has 0 aliphatic rings. The molecule has 0 amide bonds. The first-order valence-electron chi connectivity index (χ1n) is 9.50. The zero-order valence-corrected chi connectivity index (χ0v) is 26.5. The van der Waals surface area contributed by atoms with E-state index in [1.807, 2.05) is 0 Å². The van der Waals surface area contributed by atoms with E-state index in [2.05, 4.69) is 0 Å². The standard InChI is InChI=1S/3C7H6O2.3CHFO2.2Ce/c3*8-7(9)6-4-2-1-3-5-6;3*2-1(3)4;;/h3*1-5H,(H,8,9);3*(H,3,4);;/q;;;;;;2*+3/p-6. The fourth-order valence-corrected chi connectivity index (χ4v) is 1.72. The third-order valence-corrected chi connectivity index (χ3v) is 3.03. The van der Waals surface area contributed by atoms with Crippen LogP contribution < -0.4 is 30.6 Å². The molecule has 3 aromatic carbocycles. The van der Waals surface area contributed by atoms with Crippen LogP contribution in [-0.4, -0.2) is 36.6 Å². The van der Waals surface area contributed by atoms with Crippen molar-refractivity contribution in [3.63, 3.8) is 0 Å². The molecule has 0 atom stereocenters. The maximum absolute atomic E-state index is 10.1. The number of benzene rings is 3. The van der Waals surface area contributed by atoms with Crippen LogP contribution in [0.25, 0.3) is 0 Å². The quantitative estimate of drug-likeness (QED) is 0.262. The summed E-state index contributed by atoms with van der Waals surface area (Å²) in [6.07, 6.45) is -7.75. The largest absolute Gasteiger partial charge is 3.00 e. The zero-order chi connectivity index (χ0) is 30.8. The molecule has 0 N–H and O–H groups in total. The van der Waals surface area contributed by atoms with E-state index in [-0.39, 0.29) is 100 Å². The second kappa shape index (κ2) is 31.5. The van der Waals surface area contributed by atoms with Crippen molar-refractivity contribution in [3.05, 3.63) is 108 Å². The molecule has 0 saturated carbocycles. The molecule has 212 valence electrons. The first-order valence-corrected chi connectivity index (χ1v) is 9.50. The van der Waals surface area contributed by atoms with Crippen LogP contribution in [0, 0.1) is 83.5 Å². The number of carbonyl (C=O) groups is 6. The van der Waals surface area contributed by atoms with Crippen molar-refractivity contribution in [1.82, 2.24) is 0 Å². The summed E-state index contributed by atoms with van der Waals surface area (Å²) in [5.74, 6) is -3.39. The van der Waals surface area contributed by atoms with Gasteiger partial charge in [-0.25, -0.2) is 0 Å². The first kappa shape index (κ1) is 47.8. The molecule has 0 aromatic heterocycles. The summed E-state index contributed by atoms with van der Waals surface area (Å²) in [7, 11) is 0. The van der Waals surface area contributed by atoms with Crippen molar-refractivity contribution in [1.29, 1.82) is 0 Å². The number of carboxylic acid groups (broad SMARTS) is 6. The molecular formula is C24H15Ce2F3O12. The van der Waals surface area contributed by atoms with E-state index in [4.69, 9.17) is 29.7 Å². The first-order chi connectivity index (χ1) is 18.1. The number of aromatic carboxylic acids is 3. The van der Waals surface area contributed by atoms with Crippen LogP contribution in [0.2, 0.25) is 0 Å². The molecule has 0 aliphatic heterocycles. The van der Waals surface area contributed by atoms with E-state index in [0.717, 1.165) is 0 Å². The van der Waals surface area contributed by atoms with E-state index in [0.29, 0.717) is 0 Å². The van der Waals surface area contributed by atoms with Crippen LogP contribution in [0.4, 0.5) is 27.6 Å². The van der Waals surface area contributed by atoms with Crippen LogP contribution >= 0.6 is 0 Å². The summed E-state index contributed by atoms with van der Waals surface area (Å²) < 4.78 is 29.4. The third kappa shape index (κ3) is 41.6. The molecule has 41 heavy (non-hydrogen) atoms. The smallest absolute Gasteiger partial charge is 0.545 e. The SMILES string of the molecule is O=C([O-])F.O=C([O-])F.O=C([O-])F.O=C([O-])c1ccccc1.O=C([O-])c1ccccc1.O=C([O-])c1ccccc1.[Ce+3].[Ce+3]. The van der Waals surface area contributed by atoms with Gasteiger partial charge in [0.05, 0.1) is 17.9 Å². The van der Waals surface area contributed by atoms with Gasteiger partial charge in [0, 0.05) is 0 Å². The summed E-state index contributed by atoms with van der Waals surface area (Å²) in [6.45, 7) is 0. The number of carboxylic acids is 3. The summed E-state index contributed by atoms with van der Waals surface area (Å²) in [5.41, 5.74) is 0.660. The molecule has 0 aliphatic carbocycles. The molecular weight excluding hydrogens is 817 g/mol. The number of carbonyl (C=O) groups excluding carboxylic acids is 6. The average Bonchev–Trinajstić information content (AvgIpc) is 2.85. The monoisotopic (exact) mass is 832 g/mol. The Morgan fingerprint density at radius 1 is 0.366 bits per heavy atom. The van der Waals surface area contributed by atoms with Crippen LogP contribution in [0.3, 0.4) is 0 Å². The van der Waals surface area contributed by atoms with Crippen molar-refractivity contribution >= 4 is 36.6 Å². The Hall–Kier alpha value is -2.98. The molecule has 17 heteroatoms. The van der Waals surface area contributed by atoms with Gasteiger partial charge in [-0.15, -0.1) is 0 Å². The Balaban J connectivity index is -0.000000130. The van der Waals surface area contributed by atoms with Crippen molar-refractivity contribution in [2.24, 2.45) is 0 Å². The van der Waals surface area contributed by atoms with Crippen LogP contribution in [0.1, 0.15) is 31.1 Å². The van der Waals surface area contributed by atoms with Crippen LogP contribution in [0.15, 0.2) is 91.0 Å². The van der Waals surface area contributed by atoms with Gasteiger partial charge < -0.3 is 59.4 Å². The number of rotatable bonds is 3.